The number of benzene rings is 1. The molecule has 1 saturated carbocycles. The number of carbonyl (C=O) groups is 2. The van der Waals surface area contributed by atoms with Gasteiger partial charge in [0.25, 0.3) is 5.91 Å². The molecule has 0 bridgehead atoms. The highest BCUT2D eigenvalue weighted by molar-refractivity contribution is 6.30. The van der Waals surface area contributed by atoms with Gasteiger partial charge in [-0.25, -0.2) is 9.48 Å². The summed E-state index contributed by atoms with van der Waals surface area (Å²) in [5.74, 6) is -0.354. The van der Waals surface area contributed by atoms with Gasteiger partial charge in [-0.15, -0.1) is 0 Å². The van der Waals surface area contributed by atoms with Gasteiger partial charge in [-0.3, -0.25) is 4.79 Å². The Morgan fingerprint density at radius 1 is 1.29 bits per heavy atom. The highest BCUT2D eigenvalue weighted by atomic mass is 35.5. The van der Waals surface area contributed by atoms with Crippen molar-refractivity contribution < 1.29 is 14.3 Å². The second-order valence-corrected chi connectivity index (χ2v) is 6.17. The summed E-state index contributed by atoms with van der Waals surface area (Å²) in [5.41, 5.74) is 0.311. The molecule has 1 aromatic carbocycles. The molecule has 1 N–H and O–H groups in total. The van der Waals surface area contributed by atoms with Crippen LogP contribution in [0, 0.1) is 0 Å². The number of amides is 1. The van der Waals surface area contributed by atoms with Crippen molar-refractivity contribution in [2.75, 3.05) is 11.9 Å². The zero-order chi connectivity index (χ0) is 16.9. The molecule has 1 heterocycles. The Hall–Kier alpha value is -2.34. The van der Waals surface area contributed by atoms with E-state index in [0.717, 1.165) is 12.8 Å². The number of ether oxygens (including phenoxy) is 1. The minimum absolute atomic E-state index is 0.311. The fourth-order valence-corrected chi connectivity index (χ4v) is 3.05. The first kappa shape index (κ1) is 16.5. The number of hydrogen-bond donors (Lipinski definition) is 1. The number of carbonyl (C=O) groups excluding carboxylic acids is 2. The molecule has 0 atom stereocenters. The van der Waals surface area contributed by atoms with Crippen LogP contribution in [0.2, 0.25) is 5.02 Å². The van der Waals surface area contributed by atoms with Gasteiger partial charge in [0.15, 0.2) is 6.61 Å². The van der Waals surface area contributed by atoms with Gasteiger partial charge in [-0.1, -0.05) is 30.5 Å². The van der Waals surface area contributed by atoms with E-state index in [1.165, 1.54) is 18.9 Å². The lowest BCUT2D eigenvalue weighted by molar-refractivity contribution is -0.119. The van der Waals surface area contributed by atoms with E-state index in [9.17, 15) is 9.59 Å². The van der Waals surface area contributed by atoms with Crippen molar-refractivity contribution in [2.45, 2.75) is 31.7 Å². The van der Waals surface area contributed by atoms with Gasteiger partial charge in [0.2, 0.25) is 0 Å². The predicted octanol–water partition coefficient (Wildman–Crippen LogP) is 3.45. The minimum atomic E-state index is -0.586. The zero-order valence-electron chi connectivity index (χ0n) is 13.1. The lowest BCUT2D eigenvalue weighted by Crippen LogP contribution is -2.23. The Bertz CT molecular complexity index is 738. The molecule has 0 saturated heterocycles. The lowest BCUT2D eigenvalue weighted by Gasteiger charge is -2.14. The fourth-order valence-electron chi connectivity index (χ4n) is 2.86. The third-order valence-corrected chi connectivity index (χ3v) is 4.24. The largest absolute Gasteiger partial charge is 0.452 e. The molecule has 3 rings (SSSR count). The maximum absolute atomic E-state index is 12.0. The molecule has 6 nitrogen and oxygen atoms in total. The second-order valence-electron chi connectivity index (χ2n) is 5.73. The predicted molar refractivity (Wildman–Crippen MR) is 90.1 cm³/mol. The van der Waals surface area contributed by atoms with Crippen molar-refractivity contribution in [3.8, 4) is 0 Å². The summed E-state index contributed by atoms with van der Waals surface area (Å²) >= 11 is 5.83. The highest BCUT2D eigenvalue weighted by Gasteiger charge is 2.20. The number of rotatable bonds is 5. The molecule has 1 aromatic heterocycles. The van der Waals surface area contributed by atoms with Gasteiger partial charge in [-0.05, 0) is 31.0 Å². The van der Waals surface area contributed by atoms with E-state index in [0.29, 0.717) is 22.4 Å². The zero-order valence-corrected chi connectivity index (χ0v) is 13.8. The van der Waals surface area contributed by atoms with Crippen LogP contribution in [0.5, 0.6) is 0 Å². The molecule has 24 heavy (non-hydrogen) atoms. The molecule has 1 aliphatic carbocycles. The Labute approximate surface area is 144 Å². The van der Waals surface area contributed by atoms with E-state index in [-0.39, 0.29) is 6.61 Å². The number of nitrogens with zero attached hydrogens (tertiary/aromatic N) is 2. The van der Waals surface area contributed by atoms with Crippen molar-refractivity contribution in [1.29, 1.82) is 0 Å². The number of aromatic nitrogens is 2. The van der Waals surface area contributed by atoms with Gasteiger partial charge >= 0.3 is 5.97 Å². The highest BCUT2D eigenvalue weighted by Crippen LogP contribution is 2.31. The van der Waals surface area contributed by atoms with E-state index in [1.807, 2.05) is 4.68 Å². The average molecular weight is 348 g/mol. The number of anilines is 1. The van der Waals surface area contributed by atoms with Crippen LogP contribution in [0.3, 0.4) is 0 Å². The first-order valence-electron chi connectivity index (χ1n) is 7.89. The van der Waals surface area contributed by atoms with Crippen LogP contribution >= 0.6 is 11.6 Å². The number of esters is 1. The van der Waals surface area contributed by atoms with Crippen molar-refractivity contribution in [3.63, 3.8) is 0 Å². The summed E-state index contributed by atoms with van der Waals surface area (Å²) in [6.45, 7) is -0.360. The molecule has 0 unspecified atom stereocenters. The summed E-state index contributed by atoms with van der Waals surface area (Å²) in [5, 5.41) is 7.47. The Morgan fingerprint density at radius 3 is 2.83 bits per heavy atom. The number of halogens is 1. The van der Waals surface area contributed by atoms with Crippen LogP contribution in [0.25, 0.3) is 0 Å². The molecule has 1 aliphatic rings. The molecule has 0 aliphatic heterocycles. The van der Waals surface area contributed by atoms with Crippen LogP contribution in [-0.4, -0.2) is 28.3 Å². The first-order chi connectivity index (χ1) is 11.6. The normalized spacial score (nSPS) is 14.5. The molecule has 1 amide bonds. The summed E-state index contributed by atoms with van der Waals surface area (Å²) < 4.78 is 6.86. The smallest absolute Gasteiger partial charge is 0.338 e. The van der Waals surface area contributed by atoms with Crippen LogP contribution in [-0.2, 0) is 9.53 Å². The average Bonchev–Trinajstić information content (AvgIpc) is 3.23. The Kier molecular flexibility index (Phi) is 5.15. The number of nitrogens with one attached hydrogen (secondary N) is 1. The number of hydrogen-bond acceptors (Lipinski definition) is 4. The third-order valence-electron chi connectivity index (χ3n) is 4.00. The summed E-state index contributed by atoms with van der Waals surface area (Å²) in [6.07, 6.45) is 6.14. The summed E-state index contributed by atoms with van der Waals surface area (Å²) in [6, 6.07) is 8.46. The van der Waals surface area contributed by atoms with Crippen molar-refractivity contribution in [3.05, 3.63) is 47.1 Å². The van der Waals surface area contributed by atoms with Gasteiger partial charge in [0.05, 0.1) is 17.8 Å². The van der Waals surface area contributed by atoms with Crippen molar-refractivity contribution in [1.82, 2.24) is 9.78 Å². The van der Waals surface area contributed by atoms with E-state index in [2.05, 4.69) is 10.4 Å². The van der Waals surface area contributed by atoms with E-state index >= 15 is 0 Å². The van der Waals surface area contributed by atoms with Crippen molar-refractivity contribution in [2.24, 2.45) is 0 Å². The SMILES string of the molecule is O=C(COC(=O)c1cccc(Cl)c1)Nc1ccnn1C1CCCC1. The molecule has 2 aromatic rings. The third kappa shape index (κ3) is 3.94. The van der Waals surface area contributed by atoms with Crippen molar-refractivity contribution >= 4 is 29.3 Å². The van der Waals surface area contributed by atoms with E-state index in [4.69, 9.17) is 16.3 Å². The molecule has 0 radical (unpaired) electrons. The quantitative estimate of drug-likeness (QED) is 0.841. The molecule has 7 heteroatoms. The lowest BCUT2D eigenvalue weighted by atomic mass is 10.2. The maximum Gasteiger partial charge on any atom is 0.338 e. The van der Waals surface area contributed by atoms with E-state index < -0.39 is 11.9 Å². The van der Waals surface area contributed by atoms with Crippen LogP contribution in [0.15, 0.2) is 36.5 Å². The first-order valence-corrected chi connectivity index (χ1v) is 8.27. The van der Waals surface area contributed by atoms with E-state index in [1.54, 1.807) is 30.5 Å². The molecule has 1 fully saturated rings. The van der Waals surface area contributed by atoms with Gasteiger partial charge in [0.1, 0.15) is 5.82 Å². The molecular formula is C17H18ClN3O3. The summed E-state index contributed by atoms with van der Waals surface area (Å²) in [4.78, 5) is 23.9. The molecule has 126 valence electrons. The molecular weight excluding hydrogens is 330 g/mol. The van der Waals surface area contributed by atoms with Gasteiger partial charge in [0, 0.05) is 11.1 Å². The minimum Gasteiger partial charge on any atom is -0.452 e. The monoisotopic (exact) mass is 347 g/mol. The summed E-state index contributed by atoms with van der Waals surface area (Å²) in [7, 11) is 0. The van der Waals surface area contributed by atoms with Gasteiger partial charge < -0.3 is 10.1 Å². The second kappa shape index (κ2) is 7.49. The Morgan fingerprint density at radius 2 is 2.08 bits per heavy atom. The van der Waals surface area contributed by atoms with Crippen LogP contribution < -0.4 is 5.32 Å². The fraction of sp³-hybridized carbons (Fsp3) is 0.353. The topological polar surface area (TPSA) is 73.2 Å². The van der Waals surface area contributed by atoms with Crippen LogP contribution in [0.4, 0.5) is 5.82 Å². The van der Waals surface area contributed by atoms with Crippen LogP contribution in [0.1, 0.15) is 42.1 Å². The maximum atomic E-state index is 12.0. The molecule has 0 spiro atoms. The Balaban J connectivity index is 1.55. The standard InChI is InChI=1S/C17H18ClN3O3/c18-13-5-3-4-12(10-13)17(23)24-11-16(22)20-15-8-9-19-21(15)14-6-1-2-7-14/h3-5,8-10,14H,1-2,6-7,11H2,(H,20,22). The van der Waals surface area contributed by atoms with Gasteiger partial charge in [-0.2, -0.15) is 5.10 Å².